The van der Waals surface area contributed by atoms with E-state index in [1.807, 2.05) is 6.92 Å². The molecule has 1 aliphatic carbocycles. The normalized spacial score (nSPS) is 23.3. The van der Waals surface area contributed by atoms with E-state index in [1.165, 1.54) is 25.7 Å². The SMILES string of the molecule is CC(O)CCN[C@H](C)C1CCCC1. The molecule has 1 aliphatic rings. The van der Waals surface area contributed by atoms with E-state index in [-0.39, 0.29) is 6.10 Å². The van der Waals surface area contributed by atoms with Gasteiger partial charge in [0.25, 0.3) is 0 Å². The number of rotatable bonds is 5. The molecule has 0 bridgehead atoms. The molecule has 0 aromatic rings. The van der Waals surface area contributed by atoms with Gasteiger partial charge in [-0.15, -0.1) is 0 Å². The number of hydrogen-bond donors (Lipinski definition) is 2. The lowest BCUT2D eigenvalue weighted by Crippen LogP contribution is -2.34. The molecule has 0 spiro atoms. The van der Waals surface area contributed by atoms with E-state index in [9.17, 15) is 0 Å². The van der Waals surface area contributed by atoms with Gasteiger partial charge in [-0.25, -0.2) is 0 Å². The molecule has 1 rings (SSSR count). The summed E-state index contributed by atoms with van der Waals surface area (Å²) in [6, 6.07) is 0.640. The van der Waals surface area contributed by atoms with Gasteiger partial charge in [-0.3, -0.25) is 0 Å². The van der Waals surface area contributed by atoms with Crippen LogP contribution < -0.4 is 5.32 Å². The molecule has 0 saturated heterocycles. The molecular formula is C11H23NO. The summed E-state index contributed by atoms with van der Waals surface area (Å²) in [6.07, 6.45) is 6.31. The molecule has 0 aliphatic heterocycles. The van der Waals surface area contributed by atoms with Crippen LogP contribution in [0.15, 0.2) is 0 Å². The van der Waals surface area contributed by atoms with Gasteiger partial charge in [0, 0.05) is 6.04 Å². The summed E-state index contributed by atoms with van der Waals surface area (Å²) in [6.45, 7) is 5.08. The average Bonchev–Trinajstić information content (AvgIpc) is 2.55. The summed E-state index contributed by atoms with van der Waals surface area (Å²) in [4.78, 5) is 0. The van der Waals surface area contributed by atoms with Gasteiger partial charge in [0.1, 0.15) is 0 Å². The fourth-order valence-corrected chi connectivity index (χ4v) is 2.14. The van der Waals surface area contributed by atoms with Crippen LogP contribution in [0.4, 0.5) is 0 Å². The van der Waals surface area contributed by atoms with Crippen LogP contribution in [0.25, 0.3) is 0 Å². The molecule has 78 valence electrons. The molecular weight excluding hydrogens is 162 g/mol. The minimum absolute atomic E-state index is 0.164. The first-order valence-electron chi connectivity index (χ1n) is 5.61. The van der Waals surface area contributed by atoms with Crippen molar-refractivity contribution in [3.05, 3.63) is 0 Å². The first-order chi connectivity index (χ1) is 6.20. The van der Waals surface area contributed by atoms with E-state index in [4.69, 9.17) is 5.11 Å². The second-order valence-electron chi connectivity index (χ2n) is 4.43. The largest absolute Gasteiger partial charge is 0.393 e. The maximum atomic E-state index is 9.09. The van der Waals surface area contributed by atoms with E-state index >= 15 is 0 Å². The van der Waals surface area contributed by atoms with Gasteiger partial charge >= 0.3 is 0 Å². The van der Waals surface area contributed by atoms with E-state index < -0.39 is 0 Å². The molecule has 0 aromatic heterocycles. The lowest BCUT2D eigenvalue weighted by molar-refractivity contribution is 0.180. The van der Waals surface area contributed by atoms with Crippen molar-refractivity contribution in [2.24, 2.45) is 5.92 Å². The molecule has 1 saturated carbocycles. The average molecular weight is 185 g/mol. The third kappa shape index (κ3) is 4.10. The van der Waals surface area contributed by atoms with Crippen molar-refractivity contribution in [1.29, 1.82) is 0 Å². The van der Waals surface area contributed by atoms with Crippen LogP contribution >= 0.6 is 0 Å². The van der Waals surface area contributed by atoms with Crippen molar-refractivity contribution < 1.29 is 5.11 Å². The lowest BCUT2D eigenvalue weighted by atomic mass is 10.00. The van der Waals surface area contributed by atoms with Gasteiger partial charge in [0.05, 0.1) is 6.10 Å². The lowest BCUT2D eigenvalue weighted by Gasteiger charge is -2.20. The molecule has 0 heterocycles. The first kappa shape index (κ1) is 11.0. The summed E-state index contributed by atoms with van der Waals surface area (Å²) < 4.78 is 0. The smallest absolute Gasteiger partial charge is 0.0524 e. The van der Waals surface area contributed by atoms with Gasteiger partial charge in [0.15, 0.2) is 0 Å². The van der Waals surface area contributed by atoms with Crippen molar-refractivity contribution in [1.82, 2.24) is 5.32 Å². The molecule has 13 heavy (non-hydrogen) atoms. The summed E-state index contributed by atoms with van der Waals surface area (Å²) in [5, 5.41) is 12.6. The van der Waals surface area contributed by atoms with Crippen molar-refractivity contribution in [3.63, 3.8) is 0 Å². The summed E-state index contributed by atoms with van der Waals surface area (Å²) >= 11 is 0. The Morgan fingerprint density at radius 2 is 1.92 bits per heavy atom. The molecule has 0 amide bonds. The van der Waals surface area contributed by atoms with Gasteiger partial charge < -0.3 is 10.4 Å². The van der Waals surface area contributed by atoms with E-state index in [0.29, 0.717) is 6.04 Å². The third-order valence-corrected chi connectivity index (χ3v) is 3.14. The molecule has 2 N–H and O–H groups in total. The minimum atomic E-state index is -0.164. The second kappa shape index (κ2) is 5.61. The van der Waals surface area contributed by atoms with Crippen LogP contribution in [0, 0.1) is 5.92 Å². The first-order valence-corrected chi connectivity index (χ1v) is 5.61. The van der Waals surface area contributed by atoms with Gasteiger partial charge in [-0.05, 0) is 45.6 Å². The summed E-state index contributed by atoms with van der Waals surface area (Å²) in [5.41, 5.74) is 0. The monoisotopic (exact) mass is 185 g/mol. The second-order valence-corrected chi connectivity index (χ2v) is 4.43. The molecule has 0 radical (unpaired) electrons. The molecule has 1 fully saturated rings. The van der Waals surface area contributed by atoms with Crippen molar-refractivity contribution in [3.8, 4) is 0 Å². The summed E-state index contributed by atoms with van der Waals surface area (Å²) in [7, 11) is 0. The zero-order valence-electron chi connectivity index (χ0n) is 8.92. The Balaban J connectivity index is 2.06. The molecule has 2 heteroatoms. The Kier molecular flexibility index (Phi) is 4.74. The Morgan fingerprint density at radius 3 is 2.46 bits per heavy atom. The molecule has 0 aromatic carbocycles. The topological polar surface area (TPSA) is 32.3 Å². The van der Waals surface area contributed by atoms with Crippen molar-refractivity contribution in [2.75, 3.05) is 6.54 Å². The maximum absolute atomic E-state index is 9.09. The number of aliphatic hydroxyl groups is 1. The standard InChI is InChI=1S/C11H23NO/c1-9(13)7-8-12-10(2)11-5-3-4-6-11/h9-13H,3-8H2,1-2H3/t9?,10-/m1/s1. The summed E-state index contributed by atoms with van der Waals surface area (Å²) in [5.74, 6) is 0.883. The van der Waals surface area contributed by atoms with Crippen LogP contribution in [0.5, 0.6) is 0 Å². The van der Waals surface area contributed by atoms with E-state index in [2.05, 4.69) is 12.2 Å². The Labute approximate surface area is 81.7 Å². The fraction of sp³-hybridized carbons (Fsp3) is 1.00. The molecule has 1 unspecified atom stereocenters. The van der Waals surface area contributed by atoms with E-state index in [0.717, 1.165) is 18.9 Å². The maximum Gasteiger partial charge on any atom is 0.0524 e. The third-order valence-electron chi connectivity index (χ3n) is 3.14. The highest BCUT2D eigenvalue weighted by Crippen LogP contribution is 2.27. The predicted molar refractivity (Wildman–Crippen MR) is 55.7 cm³/mol. The van der Waals surface area contributed by atoms with E-state index in [1.54, 1.807) is 0 Å². The fourth-order valence-electron chi connectivity index (χ4n) is 2.14. The molecule has 2 atom stereocenters. The zero-order chi connectivity index (χ0) is 9.68. The van der Waals surface area contributed by atoms with Crippen LogP contribution in [0.2, 0.25) is 0 Å². The van der Waals surface area contributed by atoms with Crippen LogP contribution in [0.3, 0.4) is 0 Å². The van der Waals surface area contributed by atoms with Crippen molar-refractivity contribution in [2.45, 2.75) is 58.1 Å². The van der Waals surface area contributed by atoms with Crippen LogP contribution in [-0.4, -0.2) is 23.8 Å². The highest BCUT2D eigenvalue weighted by molar-refractivity contribution is 4.77. The number of hydrogen-bond acceptors (Lipinski definition) is 2. The van der Waals surface area contributed by atoms with Crippen molar-refractivity contribution >= 4 is 0 Å². The van der Waals surface area contributed by atoms with Gasteiger partial charge in [-0.2, -0.15) is 0 Å². The Bertz CT molecular complexity index is 130. The highest BCUT2D eigenvalue weighted by atomic mass is 16.3. The number of nitrogens with one attached hydrogen (secondary N) is 1. The van der Waals surface area contributed by atoms with Gasteiger partial charge in [-0.1, -0.05) is 12.8 Å². The quantitative estimate of drug-likeness (QED) is 0.686. The minimum Gasteiger partial charge on any atom is -0.393 e. The highest BCUT2D eigenvalue weighted by Gasteiger charge is 2.20. The Hall–Kier alpha value is -0.0800. The number of aliphatic hydroxyl groups excluding tert-OH is 1. The van der Waals surface area contributed by atoms with Crippen LogP contribution in [0.1, 0.15) is 46.0 Å². The predicted octanol–water partition coefficient (Wildman–Crippen LogP) is 1.93. The zero-order valence-corrected chi connectivity index (χ0v) is 8.92. The van der Waals surface area contributed by atoms with Gasteiger partial charge in [0.2, 0.25) is 0 Å². The Morgan fingerprint density at radius 1 is 1.31 bits per heavy atom. The molecule has 2 nitrogen and oxygen atoms in total. The van der Waals surface area contributed by atoms with Crippen LogP contribution in [-0.2, 0) is 0 Å².